The second-order valence-electron chi connectivity index (χ2n) is 6.17. The molecule has 0 bridgehead atoms. The highest BCUT2D eigenvalue weighted by Crippen LogP contribution is 2.27. The smallest absolute Gasteiger partial charge is 0.139 e. The standard InChI is InChI=1S/C19H16IN5/c1-2-12(9-21-7-1)13-8-15-16(11-23-18(15)22-10-13)17-5-6-20-19(25-17)24-14-3-4-14/h1-2,5-11,14H,3-4H2,(H,22,23)(H,24,25). The van der Waals surface area contributed by atoms with E-state index in [0.29, 0.717) is 6.04 Å². The summed E-state index contributed by atoms with van der Waals surface area (Å²) in [5.41, 5.74) is 5.12. The van der Waals surface area contributed by atoms with Gasteiger partial charge in [-0.15, -0.1) is 0 Å². The van der Waals surface area contributed by atoms with E-state index in [-0.39, 0.29) is 20.7 Å². The fraction of sp³-hybridized carbons (Fsp3) is 0.158. The van der Waals surface area contributed by atoms with Crippen molar-refractivity contribution in [1.29, 1.82) is 0 Å². The molecule has 6 heteroatoms. The molecule has 0 atom stereocenters. The largest absolute Gasteiger partial charge is 0.345 e. The van der Waals surface area contributed by atoms with E-state index in [1.54, 1.807) is 6.20 Å². The summed E-state index contributed by atoms with van der Waals surface area (Å²) in [6.45, 7) is 0. The Morgan fingerprint density at radius 2 is 2.16 bits per heavy atom. The number of aromatic nitrogens is 3. The van der Waals surface area contributed by atoms with Crippen molar-refractivity contribution < 1.29 is 0 Å². The molecule has 2 N–H and O–H groups in total. The van der Waals surface area contributed by atoms with Crippen molar-refractivity contribution in [3.63, 3.8) is 0 Å². The van der Waals surface area contributed by atoms with E-state index < -0.39 is 0 Å². The Morgan fingerprint density at radius 3 is 3.00 bits per heavy atom. The molecule has 1 aliphatic carbocycles. The van der Waals surface area contributed by atoms with Crippen LogP contribution in [0.3, 0.4) is 0 Å². The lowest BCUT2D eigenvalue weighted by Gasteiger charge is -2.08. The highest BCUT2D eigenvalue weighted by Gasteiger charge is 2.23. The first-order chi connectivity index (χ1) is 12.4. The number of fused-ring (bicyclic) bond motifs is 1. The fourth-order valence-corrected chi connectivity index (χ4v) is 4.72. The van der Waals surface area contributed by atoms with Gasteiger partial charge in [-0.05, 0) is 35.1 Å². The Kier molecular flexibility index (Phi) is 3.79. The second kappa shape index (κ2) is 6.27. The lowest BCUT2D eigenvalue weighted by atomic mass is 10.1. The number of halogens is 1. The Balaban J connectivity index is 1.56. The number of nitrogens with zero attached hydrogens (tertiary/aromatic N) is 3. The van der Waals surface area contributed by atoms with Crippen molar-refractivity contribution in [3.05, 3.63) is 58.7 Å². The van der Waals surface area contributed by atoms with Gasteiger partial charge in [0.2, 0.25) is 0 Å². The second-order valence-corrected chi connectivity index (χ2v) is 8.54. The van der Waals surface area contributed by atoms with Gasteiger partial charge in [0, 0.05) is 52.9 Å². The predicted octanol–water partition coefficient (Wildman–Crippen LogP) is 3.75. The van der Waals surface area contributed by atoms with E-state index in [2.05, 4.69) is 42.6 Å². The van der Waals surface area contributed by atoms with Crippen molar-refractivity contribution in [2.75, 3.05) is 0 Å². The van der Waals surface area contributed by atoms with Crippen molar-refractivity contribution in [3.8, 4) is 11.1 Å². The van der Waals surface area contributed by atoms with Gasteiger partial charge in [-0.25, -0.2) is 9.98 Å². The lowest BCUT2D eigenvalue weighted by Crippen LogP contribution is -2.23. The number of hydrogen-bond donors (Lipinski definition) is 2. The fourth-order valence-electron chi connectivity index (χ4n) is 2.83. The summed E-state index contributed by atoms with van der Waals surface area (Å²) in [6.07, 6.45) is 12.2. The van der Waals surface area contributed by atoms with Gasteiger partial charge in [0.25, 0.3) is 0 Å². The first-order valence-electron chi connectivity index (χ1n) is 8.27. The van der Waals surface area contributed by atoms with E-state index in [1.807, 2.05) is 24.7 Å². The molecule has 0 radical (unpaired) electrons. The minimum atomic E-state index is -0.133. The van der Waals surface area contributed by atoms with Crippen LogP contribution in [0.2, 0.25) is 0 Å². The zero-order chi connectivity index (χ0) is 16.6. The van der Waals surface area contributed by atoms with E-state index in [1.165, 1.54) is 16.6 Å². The highest BCUT2D eigenvalue weighted by atomic mass is 127. The topological polar surface area (TPSA) is 66.0 Å². The van der Waals surface area contributed by atoms with Crippen LogP contribution in [0.1, 0.15) is 18.4 Å². The third-order valence-corrected chi connectivity index (χ3v) is 6.17. The Morgan fingerprint density at radius 1 is 1.20 bits per heavy atom. The normalized spacial score (nSPS) is 17.1. The first-order valence-corrected chi connectivity index (χ1v) is 10.6. The van der Waals surface area contributed by atoms with Crippen LogP contribution < -0.4 is 5.32 Å². The third kappa shape index (κ3) is 3.07. The van der Waals surface area contributed by atoms with Crippen LogP contribution >= 0.6 is 20.7 Å². The van der Waals surface area contributed by atoms with Crippen LogP contribution in [-0.4, -0.2) is 30.5 Å². The average Bonchev–Trinajstić information content (AvgIpc) is 3.38. The first kappa shape index (κ1) is 15.1. The molecular formula is C19H16IN5. The van der Waals surface area contributed by atoms with Crippen molar-refractivity contribution in [2.45, 2.75) is 18.9 Å². The Labute approximate surface area is 155 Å². The third-order valence-electron chi connectivity index (χ3n) is 4.31. The molecule has 0 amide bonds. The number of hydrogen-bond acceptors (Lipinski definition) is 4. The molecule has 25 heavy (non-hydrogen) atoms. The number of allylic oxidation sites excluding steroid dienone is 1. The molecule has 2 aliphatic rings. The van der Waals surface area contributed by atoms with Crippen LogP contribution in [0.25, 0.3) is 22.2 Å². The summed E-state index contributed by atoms with van der Waals surface area (Å²) in [7, 11) is 0. The summed E-state index contributed by atoms with van der Waals surface area (Å²) in [4.78, 5) is 16.9. The summed E-state index contributed by atoms with van der Waals surface area (Å²) >= 11 is -0.133. The van der Waals surface area contributed by atoms with E-state index in [4.69, 9.17) is 4.99 Å². The summed E-state index contributed by atoms with van der Waals surface area (Å²) in [5.74, 6) is 0. The maximum absolute atomic E-state index is 4.88. The summed E-state index contributed by atoms with van der Waals surface area (Å²) in [6, 6.07) is 6.81. The van der Waals surface area contributed by atoms with Gasteiger partial charge in [0.05, 0.1) is 5.71 Å². The zero-order valence-corrected chi connectivity index (χ0v) is 15.6. The summed E-state index contributed by atoms with van der Waals surface area (Å²) < 4.78 is 3.45. The Hall–Kier alpha value is -2.19. The van der Waals surface area contributed by atoms with Gasteiger partial charge < -0.3 is 4.98 Å². The Bertz CT molecular complexity index is 1030. The van der Waals surface area contributed by atoms with Crippen molar-refractivity contribution in [2.24, 2.45) is 4.99 Å². The van der Waals surface area contributed by atoms with Crippen LogP contribution in [0.4, 0.5) is 0 Å². The maximum atomic E-state index is 4.88. The minimum absolute atomic E-state index is 0.133. The van der Waals surface area contributed by atoms with Crippen molar-refractivity contribution >= 4 is 41.2 Å². The van der Waals surface area contributed by atoms with Gasteiger partial charge in [0.1, 0.15) is 9.40 Å². The van der Waals surface area contributed by atoms with Crippen LogP contribution in [-0.2, 0) is 0 Å². The molecule has 5 rings (SSSR count). The molecule has 5 nitrogen and oxygen atoms in total. The molecular weight excluding hydrogens is 425 g/mol. The number of H-pyrrole nitrogens is 1. The van der Waals surface area contributed by atoms with Gasteiger partial charge in [-0.1, -0.05) is 26.8 Å². The van der Waals surface area contributed by atoms with Gasteiger partial charge in [-0.2, -0.15) is 0 Å². The SMILES string of the molecule is C1=CC(c2c[nH]c3ncc(-c4cccnc4)cc23)=NC(NC2CC2)=I1. The van der Waals surface area contributed by atoms with E-state index in [0.717, 1.165) is 33.4 Å². The molecule has 4 heterocycles. The van der Waals surface area contributed by atoms with Gasteiger partial charge in [0.15, 0.2) is 0 Å². The number of aliphatic imine (C=N–C) groups is 1. The molecule has 0 unspecified atom stereocenters. The molecule has 0 spiro atoms. The van der Waals surface area contributed by atoms with Crippen molar-refractivity contribution in [1.82, 2.24) is 20.3 Å². The molecule has 3 aromatic rings. The number of rotatable bonds is 4. The highest BCUT2D eigenvalue weighted by molar-refractivity contribution is 14.2. The number of aromatic amines is 1. The molecule has 3 aromatic heterocycles. The monoisotopic (exact) mass is 441 g/mol. The van der Waals surface area contributed by atoms with Crippen LogP contribution in [0.15, 0.2) is 58.1 Å². The van der Waals surface area contributed by atoms with E-state index >= 15 is 0 Å². The minimum Gasteiger partial charge on any atom is -0.345 e. The summed E-state index contributed by atoms with van der Waals surface area (Å²) in [5, 5.41) is 4.66. The van der Waals surface area contributed by atoms with Crippen LogP contribution in [0, 0.1) is 0 Å². The van der Waals surface area contributed by atoms with Crippen LogP contribution in [0.5, 0.6) is 0 Å². The number of pyridine rings is 2. The number of nitrogens with one attached hydrogen (secondary N) is 2. The average molecular weight is 441 g/mol. The maximum Gasteiger partial charge on any atom is 0.139 e. The molecule has 1 saturated carbocycles. The predicted molar refractivity (Wildman–Crippen MR) is 110 cm³/mol. The van der Waals surface area contributed by atoms with Gasteiger partial charge in [-0.3, -0.25) is 10.3 Å². The molecule has 1 fully saturated rings. The molecule has 0 aromatic carbocycles. The van der Waals surface area contributed by atoms with E-state index in [9.17, 15) is 0 Å². The lowest BCUT2D eigenvalue weighted by molar-refractivity contribution is 0.915. The quantitative estimate of drug-likeness (QED) is 0.607. The molecule has 124 valence electrons. The van der Waals surface area contributed by atoms with Gasteiger partial charge >= 0.3 is 0 Å². The molecule has 1 aliphatic heterocycles. The zero-order valence-electron chi connectivity index (χ0n) is 13.4. The molecule has 0 saturated heterocycles.